The van der Waals surface area contributed by atoms with Gasteiger partial charge >= 0.3 is 0 Å². The summed E-state index contributed by atoms with van der Waals surface area (Å²) in [4.78, 5) is 2.07. The highest BCUT2D eigenvalue weighted by Crippen LogP contribution is 2.25. The lowest BCUT2D eigenvalue weighted by molar-refractivity contribution is 0.688. The Balaban J connectivity index is 2.31. The van der Waals surface area contributed by atoms with Crippen LogP contribution in [0.3, 0.4) is 0 Å². The number of aromatic nitrogens is 2. The van der Waals surface area contributed by atoms with Crippen LogP contribution < -0.4 is 4.90 Å². The van der Waals surface area contributed by atoms with Crippen LogP contribution in [-0.2, 0) is 20.0 Å². The highest BCUT2D eigenvalue weighted by atomic mass is 79.9. The standard InChI is InChI=1S/C15H17BrN4/c1-4-12-15(16)14(20(3)18-12)10-19(2)13-8-6-5-7-11(13)9-17/h5-8H,4,10H2,1-3H3. The number of hydrogen-bond donors (Lipinski definition) is 0. The number of aryl methyl sites for hydroxylation is 2. The molecular formula is C15H17BrN4. The van der Waals surface area contributed by atoms with Gasteiger partial charge in [0.25, 0.3) is 0 Å². The molecule has 0 saturated carbocycles. The van der Waals surface area contributed by atoms with Crippen LogP contribution >= 0.6 is 15.9 Å². The third kappa shape index (κ3) is 2.70. The monoisotopic (exact) mass is 332 g/mol. The lowest BCUT2D eigenvalue weighted by atomic mass is 10.1. The second-order valence-corrected chi connectivity index (χ2v) is 5.46. The third-order valence-corrected chi connectivity index (χ3v) is 4.24. The highest BCUT2D eigenvalue weighted by molar-refractivity contribution is 9.10. The van der Waals surface area contributed by atoms with Gasteiger partial charge in [-0.3, -0.25) is 4.68 Å². The Morgan fingerprint density at radius 2 is 2.10 bits per heavy atom. The summed E-state index contributed by atoms with van der Waals surface area (Å²) in [6, 6.07) is 9.86. The van der Waals surface area contributed by atoms with Gasteiger partial charge in [0.05, 0.1) is 33.7 Å². The Kier molecular flexibility index (Phi) is 4.46. The van der Waals surface area contributed by atoms with Gasteiger partial charge in [-0.25, -0.2) is 0 Å². The number of anilines is 1. The average Bonchev–Trinajstić information content (AvgIpc) is 2.74. The van der Waals surface area contributed by atoms with Gasteiger partial charge in [-0.05, 0) is 34.5 Å². The van der Waals surface area contributed by atoms with E-state index in [-0.39, 0.29) is 0 Å². The van der Waals surface area contributed by atoms with Gasteiger partial charge in [-0.2, -0.15) is 10.4 Å². The second kappa shape index (κ2) is 6.10. The first-order chi connectivity index (χ1) is 9.58. The van der Waals surface area contributed by atoms with Gasteiger partial charge in [0.15, 0.2) is 0 Å². The van der Waals surface area contributed by atoms with Crippen molar-refractivity contribution in [3.05, 3.63) is 45.7 Å². The number of benzene rings is 1. The smallest absolute Gasteiger partial charge is 0.101 e. The molecule has 2 aromatic rings. The van der Waals surface area contributed by atoms with Crippen molar-refractivity contribution in [3.63, 3.8) is 0 Å². The van der Waals surface area contributed by atoms with E-state index in [0.717, 1.165) is 28.0 Å². The molecule has 1 heterocycles. The molecule has 0 saturated heterocycles. The van der Waals surface area contributed by atoms with E-state index in [1.54, 1.807) is 0 Å². The van der Waals surface area contributed by atoms with Crippen LogP contribution in [0.5, 0.6) is 0 Å². The van der Waals surface area contributed by atoms with Crippen molar-refractivity contribution in [3.8, 4) is 6.07 Å². The fraction of sp³-hybridized carbons (Fsp3) is 0.333. The molecule has 0 aliphatic carbocycles. The molecule has 20 heavy (non-hydrogen) atoms. The maximum absolute atomic E-state index is 9.18. The molecule has 0 bridgehead atoms. The Labute approximate surface area is 127 Å². The Morgan fingerprint density at radius 1 is 1.40 bits per heavy atom. The van der Waals surface area contributed by atoms with E-state index < -0.39 is 0 Å². The normalized spacial score (nSPS) is 10.3. The van der Waals surface area contributed by atoms with Crippen molar-refractivity contribution in [2.75, 3.05) is 11.9 Å². The van der Waals surface area contributed by atoms with Crippen molar-refractivity contribution in [1.29, 1.82) is 5.26 Å². The maximum Gasteiger partial charge on any atom is 0.101 e. The van der Waals surface area contributed by atoms with Gasteiger partial charge in [-0.15, -0.1) is 0 Å². The number of hydrogen-bond acceptors (Lipinski definition) is 3. The fourth-order valence-corrected chi connectivity index (χ4v) is 2.94. The van der Waals surface area contributed by atoms with Crippen LogP contribution in [-0.4, -0.2) is 16.8 Å². The summed E-state index contributed by atoms with van der Waals surface area (Å²) >= 11 is 3.62. The van der Waals surface area contributed by atoms with Crippen LogP contribution in [0, 0.1) is 11.3 Å². The molecule has 0 fully saturated rings. The minimum absolute atomic E-state index is 0.684. The van der Waals surface area contributed by atoms with E-state index >= 15 is 0 Å². The van der Waals surface area contributed by atoms with Crippen molar-refractivity contribution in [2.24, 2.45) is 7.05 Å². The molecule has 0 unspecified atom stereocenters. The van der Waals surface area contributed by atoms with Crippen LogP contribution in [0.1, 0.15) is 23.9 Å². The molecule has 4 nitrogen and oxygen atoms in total. The minimum Gasteiger partial charge on any atom is -0.368 e. The predicted octanol–water partition coefficient (Wildman–Crippen LogP) is 3.25. The topological polar surface area (TPSA) is 44.9 Å². The zero-order valence-corrected chi connectivity index (χ0v) is 13.5. The van der Waals surface area contributed by atoms with E-state index in [9.17, 15) is 5.26 Å². The van der Waals surface area contributed by atoms with Crippen molar-refractivity contribution in [2.45, 2.75) is 19.9 Å². The quantitative estimate of drug-likeness (QED) is 0.863. The average molecular weight is 333 g/mol. The van der Waals surface area contributed by atoms with Gasteiger partial charge < -0.3 is 4.90 Å². The van der Waals surface area contributed by atoms with Gasteiger partial charge in [-0.1, -0.05) is 19.1 Å². The van der Waals surface area contributed by atoms with Gasteiger partial charge in [0, 0.05) is 14.1 Å². The molecule has 1 aromatic carbocycles. The van der Waals surface area contributed by atoms with E-state index in [0.29, 0.717) is 12.1 Å². The Morgan fingerprint density at radius 3 is 2.70 bits per heavy atom. The largest absolute Gasteiger partial charge is 0.368 e. The van der Waals surface area contributed by atoms with Crippen LogP contribution in [0.25, 0.3) is 0 Å². The van der Waals surface area contributed by atoms with E-state index in [1.807, 2.05) is 43.0 Å². The molecule has 1 aromatic heterocycles. The summed E-state index contributed by atoms with van der Waals surface area (Å²) in [5.41, 5.74) is 3.78. The molecule has 0 atom stereocenters. The molecule has 5 heteroatoms. The lowest BCUT2D eigenvalue weighted by Gasteiger charge is -2.20. The Hall–Kier alpha value is -1.80. The number of nitrogens with zero attached hydrogens (tertiary/aromatic N) is 4. The highest BCUT2D eigenvalue weighted by Gasteiger charge is 2.15. The number of halogens is 1. The summed E-state index contributed by atoms with van der Waals surface area (Å²) in [6.07, 6.45) is 0.896. The Bertz CT molecular complexity index is 654. The summed E-state index contributed by atoms with van der Waals surface area (Å²) in [7, 11) is 3.94. The van der Waals surface area contributed by atoms with E-state index in [2.05, 4.69) is 38.9 Å². The van der Waals surface area contributed by atoms with Crippen molar-refractivity contribution >= 4 is 21.6 Å². The van der Waals surface area contributed by atoms with Gasteiger partial charge in [0.2, 0.25) is 0 Å². The molecule has 104 valence electrons. The number of para-hydroxylation sites is 1. The lowest BCUT2D eigenvalue weighted by Crippen LogP contribution is -2.19. The first-order valence-corrected chi connectivity index (χ1v) is 7.28. The molecule has 0 N–H and O–H groups in total. The number of rotatable bonds is 4. The fourth-order valence-electron chi connectivity index (χ4n) is 2.20. The first kappa shape index (κ1) is 14.6. The molecule has 0 radical (unpaired) electrons. The van der Waals surface area contributed by atoms with E-state index in [4.69, 9.17) is 0 Å². The molecular weight excluding hydrogens is 316 g/mol. The molecule has 0 aliphatic rings. The first-order valence-electron chi connectivity index (χ1n) is 6.49. The third-order valence-electron chi connectivity index (χ3n) is 3.33. The molecule has 0 aliphatic heterocycles. The van der Waals surface area contributed by atoms with Crippen molar-refractivity contribution in [1.82, 2.24) is 9.78 Å². The van der Waals surface area contributed by atoms with Crippen LogP contribution in [0.4, 0.5) is 5.69 Å². The summed E-state index contributed by atoms with van der Waals surface area (Å²) < 4.78 is 2.96. The van der Waals surface area contributed by atoms with Crippen molar-refractivity contribution < 1.29 is 0 Å². The molecule has 2 rings (SSSR count). The zero-order valence-electron chi connectivity index (χ0n) is 11.9. The summed E-state index contributed by atoms with van der Waals surface area (Å²) in [5.74, 6) is 0. The molecule has 0 amide bonds. The SMILES string of the molecule is CCc1nn(C)c(CN(C)c2ccccc2C#N)c1Br. The molecule has 0 spiro atoms. The van der Waals surface area contributed by atoms with Gasteiger partial charge in [0.1, 0.15) is 6.07 Å². The van der Waals surface area contributed by atoms with Crippen LogP contribution in [0.15, 0.2) is 28.7 Å². The minimum atomic E-state index is 0.684. The second-order valence-electron chi connectivity index (χ2n) is 4.67. The summed E-state index contributed by atoms with van der Waals surface area (Å²) in [5, 5.41) is 13.7. The predicted molar refractivity (Wildman–Crippen MR) is 83.6 cm³/mol. The summed E-state index contributed by atoms with van der Waals surface area (Å²) in [6.45, 7) is 2.79. The van der Waals surface area contributed by atoms with E-state index in [1.165, 1.54) is 0 Å². The number of nitriles is 1. The van der Waals surface area contributed by atoms with Crippen LogP contribution in [0.2, 0.25) is 0 Å². The zero-order chi connectivity index (χ0) is 14.7. The maximum atomic E-state index is 9.18.